The van der Waals surface area contributed by atoms with Crippen LogP contribution in [-0.4, -0.2) is 12.4 Å². The standard InChI is InChI=1S/C19H16O2/c20-18(16-9-5-2-6-10-16)14-19-17(11-12-21-19)13-15-7-3-1-4-8-15/h1-10,13-14H,11-12H2/b17-13+,19-14+. The van der Waals surface area contributed by atoms with Crippen LogP contribution < -0.4 is 0 Å². The number of carbonyl (C=O) groups excluding carboxylic acids is 1. The Labute approximate surface area is 124 Å². The number of rotatable bonds is 3. The average Bonchev–Trinajstić information content (AvgIpc) is 2.96. The van der Waals surface area contributed by atoms with Crippen molar-refractivity contribution in [2.75, 3.05) is 6.61 Å². The van der Waals surface area contributed by atoms with E-state index in [0.29, 0.717) is 17.9 Å². The van der Waals surface area contributed by atoms with Crippen LogP contribution in [0.1, 0.15) is 22.3 Å². The Morgan fingerprint density at radius 1 is 0.952 bits per heavy atom. The molecule has 0 aliphatic carbocycles. The van der Waals surface area contributed by atoms with Crippen LogP contribution in [0.4, 0.5) is 0 Å². The largest absolute Gasteiger partial charge is 0.493 e. The topological polar surface area (TPSA) is 26.3 Å². The zero-order chi connectivity index (χ0) is 14.5. The fraction of sp³-hybridized carbons (Fsp3) is 0.105. The van der Waals surface area contributed by atoms with Gasteiger partial charge in [-0.3, -0.25) is 4.79 Å². The molecule has 2 nitrogen and oxygen atoms in total. The highest BCUT2D eigenvalue weighted by molar-refractivity contribution is 6.05. The molecule has 104 valence electrons. The molecule has 2 aromatic rings. The van der Waals surface area contributed by atoms with Gasteiger partial charge in [0.15, 0.2) is 5.78 Å². The van der Waals surface area contributed by atoms with Gasteiger partial charge in [-0.15, -0.1) is 0 Å². The lowest BCUT2D eigenvalue weighted by atomic mass is 10.1. The van der Waals surface area contributed by atoms with Gasteiger partial charge in [0.2, 0.25) is 0 Å². The Bertz CT molecular complexity index is 682. The number of allylic oxidation sites excluding steroid dienone is 2. The molecule has 0 amide bonds. The normalized spacial score (nSPS) is 17.9. The Morgan fingerprint density at radius 3 is 2.33 bits per heavy atom. The quantitative estimate of drug-likeness (QED) is 0.618. The Balaban J connectivity index is 1.86. The van der Waals surface area contributed by atoms with E-state index in [1.54, 1.807) is 6.08 Å². The third kappa shape index (κ3) is 3.29. The van der Waals surface area contributed by atoms with Crippen LogP contribution in [0, 0.1) is 0 Å². The maximum Gasteiger partial charge on any atom is 0.189 e. The first-order valence-corrected chi connectivity index (χ1v) is 7.03. The first-order chi connectivity index (χ1) is 10.3. The van der Waals surface area contributed by atoms with Gasteiger partial charge in [0.25, 0.3) is 0 Å². The number of hydrogen-bond donors (Lipinski definition) is 0. The molecule has 3 rings (SSSR count). The number of benzene rings is 2. The van der Waals surface area contributed by atoms with Gasteiger partial charge in [-0.05, 0) is 17.2 Å². The fourth-order valence-electron chi connectivity index (χ4n) is 2.32. The summed E-state index contributed by atoms with van der Waals surface area (Å²) in [5, 5.41) is 0. The van der Waals surface area contributed by atoms with Crippen LogP contribution in [0.3, 0.4) is 0 Å². The molecule has 2 heteroatoms. The van der Waals surface area contributed by atoms with Gasteiger partial charge in [-0.25, -0.2) is 0 Å². The zero-order valence-corrected chi connectivity index (χ0v) is 11.7. The van der Waals surface area contributed by atoms with E-state index in [0.717, 1.165) is 17.6 Å². The number of carbonyl (C=O) groups is 1. The highest BCUT2D eigenvalue weighted by atomic mass is 16.5. The van der Waals surface area contributed by atoms with Crippen molar-refractivity contribution >= 4 is 11.9 Å². The predicted octanol–water partition coefficient (Wildman–Crippen LogP) is 4.26. The summed E-state index contributed by atoms with van der Waals surface area (Å²) in [7, 11) is 0. The lowest BCUT2D eigenvalue weighted by Crippen LogP contribution is -1.96. The smallest absolute Gasteiger partial charge is 0.189 e. The van der Waals surface area contributed by atoms with Crippen LogP contribution in [0.2, 0.25) is 0 Å². The maximum atomic E-state index is 12.2. The first-order valence-electron chi connectivity index (χ1n) is 7.03. The molecule has 0 aromatic heterocycles. The van der Waals surface area contributed by atoms with Crippen LogP contribution in [-0.2, 0) is 4.74 Å². The van der Waals surface area contributed by atoms with Crippen molar-refractivity contribution < 1.29 is 9.53 Å². The molecule has 21 heavy (non-hydrogen) atoms. The molecular weight excluding hydrogens is 260 g/mol. The summed E-state index contributed by atoms with van der Waals surface area (Å²) in [6.07, 6.45) is 4.51. The van der Waals surface area contributed by atoms with E-state index < -0.39 is 0 Å². The average molecular weight is 276 g/mol. The third-order valence-electron chi connectivity index (χ3n) is 3.41. The molecule has 0 spiro atoms. The summed E-state index contributed by atoms with van der Waals surface area (Å²) in [6, 6.07) is 19.3. The van der Waals surface area contributed by atoms with E-state index >= 15 is 0 Å². The van der Waals surface area contributed by atoms with E-state index in [2.05, 4.69) is 6.08 Å². The second-order valence-corrected chi connectivity index (χ2v) is 4.92. The lowest BCUT2D eigenvalue weighted by molar-refractivity contribution is 0.104. The van der Waals surface area contributed by atoms with Gasteiger partial charge in [-0.1, -0.05) is 60.7 Å². The van der Waals surface area contributed by atoms with Crippen LogP contribution in [0.15, 0.2) is 78.1 Å². The molecule has 1 aliphatic rings. The minimum Gasteiger partial charge on any atom is -0.493 e. The van der Waals surface area contributed by atoms with Gasteiger partial charge in [-0.2, -0.15) is 0 Å². The molecule has 0 atom stereocenters. The van der Waals surface area contributed by atoms with E-state index in [1.807, 2.05) is 60.7 Å². The van der Waals surface area contributed by atoms with Crippen molar-refractivity contribution in [3.63, 3.8) is 0 Å². The molecule has 1 aliphatic heterocycles. The van der Waals surface area contributed by atoms with Gasteiger partial charge in [0.05, 0.1) is 6.61 Å². The zero-order valence-electron chi connectivity index (χ0n) is 11.7. The van der Waals surface area contributed by atoms with Crippen LogP contribution >= 0.6 is 0 Å². The van der Waals surface area contributed by atoms with Crippen molar-refractivity contribution in [1.29, 1.82) is 0 Å². The maximum absolute atomic E-state index is 12.2. The Hall–Kier alpha value is -2.61. The van der Waals surface area contributed by atoms with Crippen molar-refractivity contribution in [2.24, 2.45) is 0 Å². The minimum absolute atomic E-state index is 0.0218. The van der Waals surface area contributed by atoms with Crippen molar-refractivity contribution in [2.45, 2.75) is 6.42 Å². The summed E-state index contributed by atoms with van der Waals surface area (Å²) in [5.74, 6) is 0.666. The van der Waals surface area contributed by atoms with E-state index in [1.165, 1.54) is 0 Å². The summed E-state index contributed by atoms with van der Waals surface area (Å²) in [4.78, 5) is 12.2. The molecule has 2 aromatic carbocycles. The van der Waals surface area contributed by atoms with Gasteiger partial charge in [0.1, 0.15) is 5.76 Å². The SMILES string of the molecule is O=C(/C=C1/OCC/C1=C\c1ccccc1)c1ccccc1. The predicted molar refractivity (Wildman–Crippen MR) is 83.8 cm³/mol. The van der Waals surface area contributed by atoms with Crippen molar-refractivity contribution in [1.82, 2.24) is 0 Å². The molecule has 1 fully saturated rings. The summed E-state index contributed by atoms with van der Waals surface area (Å²) < 4.78 is 5.60. The second kappa shape index (κ2) is 6.23. The minimum atomic E-state index is -0.0218. The monoisotopic (exact) mass is 276 g/mol. The third-order valence-corrected chi connectivity index (χ3v) is 3.41. The van der Waals surface area contributed by atoms with E-state index in [-0.39, 0.29) is 5.78 Å². The first kappa shape index (κ1) is 13.4. The van der Waals surface area contributed by atoms with Crippen LogP contribution in [0.5, 0.6) is 0 Å². The van der Waals surface area contributed by atoms with E-state index in [9.17, 15) is 4.79 Å². The fourth-order valence-corrected chi connectivity index (χ4v) is 2.32. The Morgan fingerprint density at radius 2 is 1.62 bits per heavy atom. The van der Waals surface area contributed by atoms with Crippen LogP contribution in [0.25, 0.3) is 6.08 Å². The molecule has 1 saturated heterocycles. The summed E-state index contributed by atoms with van der Waals surface area (Å²) in [6.45, 7) is 0.632. The number of ketones is 1. The molecule has 1 heterocycles. The summed E-state index contributed by atoms with van der Waals surface area (Å²) in [5.41, 5.74) is 2.88. The van der Waals surface area contributed by atoms with Crippen molar-refractivity contribution in [3.8, 4) is 0 Å². The highest BCUT2D eigenvalue weighted by Crippen LogP contribution is 2.26. The molecule has 0 radical (unpaired) electrons. The van der Waals surface area contributed by atoms with Gasteiger partial charge < -0.3 is 4.74 Å². The lowest BCUT2D eigenvalue weighted by Gasteiger charge is -2.01. The van der Waals surface area contributed by atoms with Crippen molar-refractivity contribution in [3.05, 3.63) is 89.2 Å². The highest BCUT2D eigenvalue weighted by Gasteiger charge is 2.17. The Kier molecular flexibility index (Phi) is 3.97. The molecule has 0 unspecified atom stereocenters. The molecule has 0 saturated carbocycles. The second-order valence-electron chi connectivity index (χ2n) is 4.92. The molecule has 0 bridgehead atoms. The van der Waals surface area contributed by atoms with Gasteiger partial charge in [0, 0.05) is 18.1 Å². The molecular formula is C19H16O2. The van der Waals surface area contributed by atoms with E-state index in [4.69, 9.17) is 4.74 Å². The summed E-state index contributed by atoms with van der Waals surface area (Å²) >= 11 is 0. The number of ether oxygens (including phenoxy) is 1. The van der Waals surface area contributed by atoms with Gasteiger partial charge >= 0.3 is 0 Å². The molecule has 0 N–H and O–H groups in total. The number of hydrogen-bond acceptors (Lipinski definition) is 2.